The quantitative estimate of drug-likeness (QED) is 0.161. The maximum absolute atomic E-state index is 2.43. The molecule has 0 aromatic heterocycles. The van der Waals surface area contributed by atoms with Crippen molar-refractivity contribution in [3.63, 3.8) is 0 Å². The number of benzene rings is 11. The third kappa shape index (κ3) is 5.79. The molecule has 0 bridgehead atoms. The van der Waals surface area contributed by atoms with Crippen LogP contribution in [0.4, 0.5) is 17.1 Å². The first kappa shape index (κ1) is 37.3. The average Bonchev–Trinajstić information content (AvgIpc) is 3.68. The van der Waals surface area contributed by atoms with Crippen LogP contribution in [0.3, 0.4) is 0 Å². The van der Waals surface area contributed by atoms with E-state index in [0.717, 1.165) is 23.5 Å². The molecule has 0 atom stereocenters. The molecule has 1 nitrogen and oxygen atoms in total. The molecule has 0 heterocycles. The highest BCUT2D eigenvalue weighted by Gasteiger charge is 2.48. The molecule has 1 heteroatoms. The van der Waals surface area contributed by atoms with Crippen LogP contribution in [0, 0.1) is 0 Å². The van der Waals surface area contributed by atoms with E-state index in [4.69, 9.17) is 0 Å². The Morgan fingerprint density at radius 1 is 0.292 bits per heavy atom. The third-order valence-electron chi connectivity index (χ3n) is 14.1. The van der Waals surface area contributed by atoms with Gasteiger partial charge in [0.1, 0.15) is 0 Å². The van der Waals surface area contributed by atoms with Gasteiger partial charge < -0.3 is 4.90 Å². The van der Waals surface area contributed by atoms with Crippen molar-refractivity contribution in [2.45, 2.75) is 11.8 Å². The molecule has 2 aliphatic rings. The molecule has 65 heavy (non-hydrogen) atoms. The van der Waals surface area contributed by atoms with Crippen molar-refractivity contribution in [1.82, 2.24) is 0 Å². The summed E-state index contributed by atoms with van der Waals surface area (Å²) in [7, 11) is 0. The van der Waals surface area contributed by atoms with Crippen molar-refractivity contribution >= 4 is 38.6 Å². The number of fused-ring (bicyclic) bond motifs is 7. The van der Waals surface area contributed by atoms with Crippen LogP contribution in [0.5, 0.6) is 0 Å². The molecule has 304 valence electrons. The Balaban J connectivity index is 1.02. The van der Waals surface area contributed by atoms with Crippen LogP contribution in [0.15, 0.2) is 249 Å². The Morgan fingerprint density at radius 3 is 1.40 bits per heavy atom. The number of hydrogen-bond acceptors (Lipinski definition) is 1. The Hall–Kier alpha value is -8.26. The number of hydrogen-bond donors (Lipinski definition) is 0. The predicted molar refractivity (Wildman–Crippen MR) is 273 cm³/mol. The summed E-state index contributed by atoms with van der Waals surface area (Å²) in [6.07, 6.45) is 0.854. The molecule has 0 radical (unpaired) electrons. The predicted octanol–water partition coefficient (Wildman–Crippen LogP) is 16.7. The van der Waals surface area contributed by atoms with Crippen molar-refractivity contribution in [3.05, 3.63) is 282 Å². The van der Waals surface area contributed by atoms with Crippen molar-refractivity contribution in [1.29, 1.82) is 0 Å². The zero-order valence-electron chi connectivity index (χ0n) is 35.8. The van der Waals surface area contributed by atoms with Gasteiger partial charge in [-0.2, -0.15) is 0 Å². The van der Waals surface area contributed by atoms with Crippen LogP contribution < -0.4 is 4.90 Å². The summed E-state index contributed by atoms with van der Waals surface area (Å²) in [4.78, 5) is 2.40. The van der Waals surface area contributed by atoms with E-state index in [2.05, 4.69) is 254 Å². The van der Waals surface area contributed by atoms with Crippen LogP contribution >= 0.6 is 0 Å². The summed E-state index contributed by atoms with van der Waals surface area (Å²) in [5, 5.41) is 5.28. The number of anilines is 3. The van der Waals surface area contributed by atoms with Crippen LogP contribution in [-0.4, -0.2) is 0 Å². The fourth-order valence-electron chi connectivity index (χ4n) is 11.4. The Labute approximate surface area is 380 Å². The zero-order chi connectivity index (χ0) is 42.9. The van der Waals surface area contributed by atoms with E-state index >= 15 is 0 Å². The molecule has 0 saturated heterocycles. The summed E-state index contributed by atoms with van der Waals surface area (Å²) >= 11 is 0. The minimum absolute atomic E-state index is 0.521. The second-order valence-corrected chi connectivity index (χ2v) is 17.6. The molecule has 0 fully saturated rings. The molecular formula is C64H43N. The molecule has 0 saturated carbocycles. The van der Waals surface area contributed by atoms with Gasteiger partial charge in [0.15, 0.2) is 0 Å². The van der Waals surface area contributed by atoms with Crippen LogP contribution in [0.25, 0.3) is 66.1 Å². The monoisotopic (exact) mass is 825 g/mol. The van der Waals surface area contributed by atoms with Crippen LogP contribution in [0.2, 0.25) is 0 Å². The largest absolute Gasteiger partial charge is 0.310 e. The fourth-order valence-corrected chi connectivity index (χ4v) is 11.4. The lowest BCUT2D eigenvalue weighted by Crippen LogP contribution is -2.30. The second-order valence-electron chi connectivity index (χ2n) is 17.6. The van der Waals surface area contributed by atoms with E-state index in [1.54, 1.807) is 0 Å². The molecule has 1 spiro atoms. The maximum atomic E-state index is 2.43. The second kappa shape index (κ2) is 14.9. The smallest absolute Gasteiger partial charge is 0.0725 e. The van der Waals surface area contributed by atoms with Gasteiger partial charge in [-0.05, 0) is 142 Å². The van der Waals surface area contributed by atoms with Gasteiger partial charge in [-0.25, -0.2) is 0 Å². The van der Waals surface area contributed by atoms with E-state index in [1.165, 1.54) is 99.4 Å². The van der Waals surface area contributed by atoms with Gasteiger partial charge in [0.25, 0.3) is 0 Å². The van der Waals surface area contributed by atoms with E-state index in [9.17, 15) is 0 Å². The standard InChI is InChI=1S/C64H43N/c1-3-15-43(16-4-1)45-31-36-51(37-32-45)65(52-38-33-46(34-39-52)44-17-5-2-6-18-44)53-23-12-21-48(42-53)54-40-35-50-41-49-22-11-19-47-20-13-29-60(62(47)49)64(61-30-14-26-57(54)63(50)61)58-27-9-7-24-55(58)56-25-8-10-28-59(56)64/h1-40,42H,41H2. The number of nitrogens with zero attached hydrogens (tertiary/aromatic N) is 1. The highest BCUT2D eigenvalue weighted by Crippen LogP contribution is 2.60. The SMILES string of the molecule is c1ccc(-c2ccc(N(c3ccc(-c4ccccc4)cc3)c3cccc(-c4ccc5c6c(cccc46)C4(c6ccccc6-c6ccccc64)c4cccc6cccc(c46)C5)c3)cc2)cc1. The summed E-state index contributed by atoms with van der Waals surface area (Å²) in [5.41, 5.74) is 20.8. The molecule has 13 rings (SSSR count). The molecular weight excluding hydrogens is 783 g/mol. The molecule has 0 aliphatic heterocycles. The highest BCUT2D eigenvalue weighted by atomic mass is 15.1. The van der Waals surface area contributed by atoms with Crippen LogP contribution in [0.1, 0.15) is 33.4 Å². The minimum Gasteiger partial charge on any atom is -0.310 e. The van der Waals surface area contributed by atoms with Gasteiger partial charge in [-0.1, -0.05) is 212 Å². The van der Waals surface area contributed by atoms with E-state index in [1.807, 2.05) is 0 Å². The van der Waals surface area contributed by atoms with Gasteiger partial charge >= 0.3 is 0 Å². The maximum Gasteiger partial charge on any atom is 0.0725 e. The van der Waals surface area contributed by atoms with E-state index < -0.39 is 5.41 Å². The van der Waals surface area contributed by atoms with Gasteiger partial charge in [0.2, 0.25) is 0 Å². The first-order chi connectivity index (χ1) is 32.2. The summed E-state index contributed by atoms with van der Waals surface area (Å²) in [6, 6.07) is 92.4. The van der Waals surface area contributed by atoms with Crippen molar-refractivity contribution in [2.24, 2.45) is 0 Å². The summed E-state index contributed by atoms with van der Waals surface area (Å²) in [5.74, 6) is 0. The number of rotatable bonds is 6. The lowest BCUT2D eigenvalue weighted by Gasteiger charge is -2.38. The van der Waals surface area contributed by atoms with E-state index in [0.29, 0.717) is 0 Å². The van der Waals surface area contributed by atoms with E-state index in [-0.39, 0.29) is 0 Å². The highest BCUT2D eigenvalue weighted by molar-refractivity contribution is 6.06. The Morgan fingerprint density at radius 2 is 0.769 bits per heavy atom. The summed E-state index contributed by atoms with van der Waals surface area (Å²) < 4.78 is 0. The first-order valence-electron chi connectivity index (χ1n) is 22.7. The van der Waals surface area contributed by atoms with Gasteiger partial charge in [-0.15, -0.1) is 0 Å². The molecule has 0 unspecified atom stereocenters. The third-order valence-corrected chi connectivity index (χ3v) is 14.1. The van der Waals surface area contributed by atoms with Gasteiger partial charge in [-0.3, -0.25) is 0 Å². The lowest BCUT2D eigenvalue weighted by atomic mass is 9.63. The molecule has 0 N–H and O–H groups in total. The normalized spacial score (nSPS) is 13.0. The topological polar surface area (TPSA) is 3.24 Å². The summed E-state index contributed by atoms with van der Waals surface area (Å²) in [6.45, 7) is 0. The average molecular weight is 826 g/mol. The van der Waals surface area contributed by atoms with Crippen molar-refractivity contribution in [3.8, 4) is 44.5 Å². The zero-order valence-corrected chi connectivity index (χ0v) is 35.8. The van der Waals surface area contributed by atoms with Crippen molar-refractivity contribution < 1.29 is 0 Å². The first-order valence-corrected chi connectivity index (χ1v) is 22.7. The Kier molecular flexibility index (Phi) is 8.57. The van der Waals surface area contributed by atoms with Crippen molar-refractivity contribution in [2.75, 3.05) is 4.90 Å². The fraction of sp³-hybridized carbons (Fsp3) is 0.0312. The molecule has 11 aromatic carbocycles. The lowest BCUT2D eigenvalue weighted by molar-refractivity contribution is 0.780. The van der Waals surface area contributed by atoms with Gasteiger partial charge in [0.05, 0.1) is 5.41 Å². The molecule has 2 aliphatic carbocycles. The molecule has 0 amide bonds. The Bertz CT molecular complexity index is 3470. The van der Waals surface area contributed by atoms with Crippen LogP contribution in [-0.2, 0) is 11.8 Å². The minimum atomic E-state index is -0.521. The van der Waals surface area contributed by atoms with Gasteiger partial charge in [0, 0.05) is 17.1 Å². The molecule has 11 aromatic rings.